The molecule has 2 N–H and O–H groups in total. The molecular weight excluding hydrogens is 323 g/mol. The van der Waals surface area contributed by atoms with Gasteiger partial charge in [0.05, 0.1) is 10.5 Å². The van der Waals surface area contributed by atoms with Gasteiger partial charge in [-0.3, -0.25) is 4.72 Å². The van der Waals surface area contributed by atoms with E-state index in [2.05, 4.69) is 0 Å². The molecule has 0 spiro atoms. The predicted molar refractivity (Wildman–Crippen MR) is 70.5 cm³/mol. The molecule has 0 aliphatic rings. The Hall–Kier alpha value is -2.55. The van der Waals surface area contributed by atoms with Gasteiger partial charge >= 0.3 is 5.97 Å². The molecule has 0 aliphatic carbocycles. The summed E-state index contributed by atoms with van der Waals surface area (Å²) in [6.45, 7) is 0. The number of benzene rings is 2. The number of sulfonamides is 1. The highest BCUT2D eigenvalue weighted by Crippen LogP contribution is 2.20. The van der Waals surface area contributed by atoms with Gasteiger partial charge in [0.25, 0.3) is 10.0 Å². The number of rotatable bonds is 4. The molecule has 5 nitrogen and oxygen atoms in total. The average Bonchev–Trinajstić information content (AvgIpc) is 2.43. The van der Waals surface area contributed by atoms with E-state index in [1.54, 1.807) is 0 Å². The van der Waals surface area contributed by atoms with Crippen LogP contribution in [0.3, 0.4) is 0 Å². The summed E-state index contributed by atoms with van der Waals surface area (Å²) in [4.78, 5) is 10.2. The van der Waals surface area contributed by atoms with E-state index in [4.69, 9.17) is 5.11 Å². The van der Waals surface area contributed by atoms with E-state index in [0.717, 1.165) is 24.3 Å². The maximum Gasteiger partial charge on any atom is 0.338 e. The monoisotopic (exact) mass is 331 g/mol. The number of hydrogen-bond acceptors (Lipinski definition) is 3. The lowest BCUT2D eigenvalue weighted by atomic mass is 10.2. The molecule has 0 amide bonds. The SMILES string of the molecule is O=C(O)c1cc(NS(=O)(=O)c2ccc(F)c(F)c2)ccc1F. The van der Waals surface area contributed by atoms with E-state index >= 15 is 0 Å². The van der Waals surface area contributed by atoms with Crippen LogP contribution in [0.25, 0.3) is 0 Å². The topological polar surface area (TPSA) is 83.5 Å². The van der Waals surface area contributed by atoms with Gasteiger partial charge in [-0.2, -0.15) is 0 Å². The highest BCUT2D eigenvalue weighted by Gasteiger charge is 2.18. The normalized spacial score (nSPS) is 11.2. The van der Waals surface area contributed by atoms with Crippen LogP contribution in [0.4, 0.5) is 18.9 Å². The molecule has 0 unspecified atom stereocenters. The average molecular weight is 331 g/mol. The van der Waals surface area contributed by atoms with Crippen molar-refractivity contribution >= 4 is 21.7 Å². The van der Waals surface area contributed by atoms with Crippen LogP contribution in [0.15, 0.2) is 41.3 Å². The second-order valence-electron chi connectivity index (χ2n) is 4.18. The number of carboxylic acid groups (broad SMARTS) is 1. The Morgan fingerprint density at radius 2 is 1.59 bits per heavy atom. The van der Waals surface area contributed by atoms with Crippen molar-refractivity contribution in [2.24, 2.45) is 0 Å². The minimum atomic E-state index is -4.28. The van der Waals surface area contributed by atoms with Crippen LogP contribution < -0.4 is 4.72 Å². The minimum absolute atomic E-state index is 0.233. The molecule has 116 valence electrons. The molecule has 0 aromatic heterocycles. The number of carboxylic acids is 1. The van der Waals surface area contributed by atoms with Crippen LogP contribution in [0.1, 0.15) is 10.4 Å². The van der Waals surface area contributed by atoms with Crippen LogP contribution in [-0.2, 0) is 10.0 Å². The van der Waals surface area contributed by atoms with Gasteiger partial charge in [0.2, 0.25) is 0 Å². The van der Waals surface area contributed by atoms with Crippen molar-refractivity contribution in [3.05, 3.63) is 59.4 Å². The number of aromatic carboxylic acids is 1. The number of halogens is 3. The van der Waals surface area contributed by atoms with E-state index in [0.29, 0.717) is 12.1 Å². The number of hydrogen-bond donors (Lipinski definition) is 2. The van der Waals surface area contributed by atoms with Crippen LogP contribution in [-0.4, -0.2) is 19.5 Å². The molecular formula is C13H8F3NO4S. The molecule has 0 aliphatic heterocycles. The van der Waals surface area contributed by atoms with Crippen LogP contribution in [0.2, 0.25) is 0 Å². The quantitative estimate of drug-likeness (QED) is 0.902. The minimum Gasteiger partial charge on any atom is -0.478 e. The highest BCUT2D eigenvalue weighted by molar-refractivity contribution is 7.92. The van der Waals surface area contributed by atoms with E-state index in [-0.39, 0.29) is 5.69 Å². The lowest BCUT2D eigenvalue weighted by molar-refractivity contribution is 0.0692. The summed E-state index contributed by atoms with van der Waals surface area (Å²) in [5.74, 6) is -5.18. The van der Waals surface area contributed by atoms with Crippen LogP contribution >= 0.6 is 0 Å². The molecule has 2 aromatic rings. The Labute approximate surface area is 123 Å². The molecule has 2 aromatic carbocycles. The van der Waals surface area contributed by atoms with Crippen molar-refractivity contribution in [2.45, 2.75) is 4.90 Å². The molecule has 9 heteroatoms. The van der Waals surface area contributed by atoms with Gasteiger partial charge in [0, 0.05) is 5.69 Å². The lowest BCUT2D eigenvalue weighted by Crippen LogP contribution is -2.14. The second kappa shape index (κ2) is 5.68. The molecule has 0 bridgehead atoms. The Balaban J connectivity index is 2.38. The fourth-order valence-corrected chi connectivity index (χ4v) is 2.67. The number of anilines is 1. The van der Waals surface area contributed by atoms with E-state index in [1.165, 1.54) is 0 Å². The summed E-state index contributed by atoms with van der Waals surface area (Å²) < 4.78 is 65.0. The summed E-state index contributed by atoms with van der Waals surface area (Å²) in [5, 5.41) is 8.76. The van der Waals surface area contributed by atoms with E-state index in [1.807, 2.05) is 4.72 Å². The Kier molecular flexibility index (Phi) is 4.09. The third-order valence-corrected chi connectivity index (χ3v) is 4.03. The molecule has 22 heavy (non-hydrogen) atoms. The number of nitrogens with one attached hydrogen (secondary N) is 1. The summed E-state index contributed by atoms with van der Waals surface area (Å²) in [5.41, 5.74) is -0.964. The Bertz CT molecular complexity index is 852. The number of carbonyl (C=O) groups is 1. The van der Waals surface area contributed by atoms with E-state index < -0.39 is 43.9 Å². The summed E-state index contributed by atoms with van der Waals surface area (Å²) >= 11 is 0. The van der Waals surface area contributed by atoms with Crippen LogP contribution in [0, 0.1) is 17.5 Å². The summed E-state index contributed by atoms with van der Waals surface area (Å²) in [6.07, 6.45) is 0. The van der Waals surface area contributed by atoms with Gasteiger partial charge in [0.1, 0.15) is 5.82 Å². The standard InChI is InChI=1S/C13H8F3NO4S/c14-10-3-1-7(5-9(10)13(18)19)17-22(20,21)8-2-4-11(15)12(16)6-8/h1-6,17H,(H,18,19). The smallest absolute Gasteiger partial charge is 0.338 e. The first-order chi connectivity index (χ1) is 10.2. The molecule has 0 radical (unpaired) electrons. The van der Waals surface area contributed by atoms with Crippen LogP contribution in [0.5, 0.6) is 0 Å². The van der Waals surface area contributed by atoms with Crippen molar-refractivity contribution in [1.82, 2.24) is 0 Å². The molecule has 0 atom stereocenters. The van der Waals surface area contributed by atoms with Gasteiger partial charge < -0.3 is 5.11 Å². The van der Waals surface area contributed by atoms with Crippen molar-refractivity contribution in [3.8, 4) is 0 Å². The zero-order valence-electron chi connectivity index (χ0n) is 10.7. The lowest BCUT2D eigenvalue weighted by Gasteiger charge is -2.09. The maximum absolute atomic E-state index is 13.2. The first kappa shape index (κ1) is 15.8. The predicted octanol–water partition coefficient (Wildman–Crippen LogP) is 2.60. The third kappa shape index (κ3) is 3.19. The summed E-state index contributed by atoms with van der Waals surface area (Å²) in [6, 6.07) is 4.49. The highest BCUT2D eigenvalue weighted by atomic mass is 32.2. The van der Waals surface area contributed by atoms with Crippen molar-refractivity contribution in [3.63, 3.8) is 0 Å². The molecule has 0 saturated heterocycles. The first-order valence-electron chi connectivity index (χ1n) is 5.71. The van der Waals surface area contributed by atoms with Gasteiger partial charge in [-0.1, -0.05) is 0 Å². The fourth-order valence-electron chi connectivity index (χ4n) is 1.61. The fraction of sp³-hybridized carbons (Fsp3) is 0. The van der Waals surface area contributed by atoms with E-state index in [9.17, 15) is 26.4 Å². The maximum atomic E-state index is 13.2. The zero-order valence-corrected chi connectivity index (χ0v) is 11.5. The molecule has 2 rings (SSSR count). The van der Waals surface area contributed by atoms with Crippen molar-refractivity contribution < 1.29 is 31.5 Å². The second-order valence-corrected chi connectivity index (χ2v) is 5.86. The Morgan fingerprint density at radius 1 is 0.955 bits per heavy atom. The third-order valence-electron chi connectivity index (χ3n) is 2.65. The Morgan fingerprint density at radius 3 is 2.18 bits per heavy atom. The first-order valence-corrected chi connectivity index (χ1v) is 7.20. The van der Waals surface area contributed by atoms with Gasteiger partial charge in [-0.05, 0) is 36.4 Å². The van der Waals surface area contributed by atoms with Gasteiger partial charge in [0.15, 0.2) is 11.6 Å². The molecule has 0 heterocycles. The summed E-state index contributed by atoms with van der Waals surface area (Å²) in [7, 11) is -4.28. The van der Waals surface area contributed by atoms with Gasteiger partial charge in [-0.25, -0.2) is 26.4 Å². The molecule has 0 saturated carbocycles. The zero-order chi connectivity index (χ0) is 16.5. The van der Waals surface area contributed by atoms with Crippen molar-refractivity contribution in [2.75, 3.05) is 4.72 Å². The van der Waals surface area contributed by atoms with Crippen molar-refractivity contribution in [1.29, 1.82) is 0 Å². The largest absolute Gasteiger partial charge is 0.478 e. The van der Waals surface area contributed by atoms with Gasteiger partial charge in [-0.15, -0.1) is 0 Å². The molecule has 0 fully saturated rings.